The Bertz CT molecular complexity index is 962. The lowest BCUT2D eigenvalue weighted by molar-refractivity contribution is -0.139. The number of halogens is 2. The fourth-order valence-corrected chi connectivity index (χ4v) is 4.66. The number of piperidine rings is 1. The number of carbonyl (C=O) groups is 2. The van der Waals surface area contributed by atoms with Crippen LogP contribution < -0.4 is 5.32 Å². The van der Waals surface area contributed by atoms with Gasteiger partial charge in [-0.05, 0) is 54.5 Å². The number of nitrogens with one attached hydrogen (secondary N) is 1. The second-order valence-electron chi connectivity index (χ2n) is 8.23. The van der Waals surface area contributed by atoms with Crippen molar-refractivity contribution in [3.05, 3.63) is 70.0 Å². The first-order chi connectivity index (χ1) is 15.0. The van der Waals surface area contributed by atoms with Crippen molar-refractivity contribution in [1.29, 1.82) is 0 Å². The SMILES string of the molecule is O=C(CN1CCc2ccccc2[C@@H]1C(=O)N1CCCCC1)NCc1ccc(F)c(Cl)c1. The van der Waals surface area contributed by atoms with E-state index in [-0.39, 0.29) is 29.9 Å². The molecule has 164 valence electrons. The summed E-state index contributed by atoms with van der Waals surface area (Å²) in [5.74, 6) is -0.566. The second-order valence-corrected chi connectivity index (χ2v) is 8.64. The molecule has 2 aromatic carbocycles. The van der Waals surface area contributed by atoms with Crippen LogP contribution in [0.5, 0.6) is 0 Å². The molecule has 0 unspecified atom stereocenters. The first-order valence-electron chi connectivity index (χ1n) is 10.8. The molecule has 2 aliphatic rings. The highest BCUT2D eigenvalue weighted by molar-refractivity contribution is 6.30. The van der Waals surface area contributed by atoms with Gasteiger partial charge in [0.15, 0.2) is 0 Å². The van der Waals surface area contributed by atoms with Gasteiger partial charge in [0, 0.05) is 26.2 Å². The summed E-state index contributed by atoms with van der Waals surface area (Å²) in [4.78, 5) is 30.1. The minimum absolute atomic E-state index is 0.0339. The number of nitrogens with zero attached hydrogens (tertiary/aromatic N) is 2. The number of carbonyl (C=O) groups excluding carboxylic acids is 2. The maximum Gasteiger partial charge on any atom is 0.244 e. The highest BCUT2D eigenvalue weighted by Crippen LogP contribution is 2.32. The molecule has 2 aromatic rings. The monoisotopic (exact) mass is 443 g/mol. The molecular formula is C24H27ClFN3O2. The topological polar surface area (TPSA) is 52.7 Å². The quantitative estimate of drug-likeness (QED) is 0.766. The van der Waals surface area contributed by atoms with Crippen molar-refractivity contribution in [3.8, 4) is 0 Å². The van der Waals surface area contributed by atoms with Gasteiger partial charge in [-0.15, -0.1) is 0 Å². The average Bonchev–Trinajstić information content (AvgIpc) is 2.80. The molecule has 0 saturated carbocycles. The van der Waals surface area contributed by atoms with Gasteiger partial charge >= 0.3 is 0 Å². The van der Waals surface area contributed by atoms with Gasteiger partial charge in [0.2, 0.25) is 11.8 Å². The van der Waals surface area contributed by atoms with E-state index in [9.17, 15) is 14.0 Å². The molecule has 0 spiro atoms. The Morgan fingerprint density at radius 3 is 2.61 bits per heavy atom. The zero-order chi connectivity index (χ0) is 21.8. The van der Waals surface area contributed by atoms with Crippen LogP contribution in [-0.4, -0.2) is 47.8 Å². The van der Waals surface area contributed by atoms with Gasteiger partial charge in [0.1, 0.15) is 11.9 Å². The molecule has 1 N–H and O–H groups in total. The van der Waals surface area contributed by atoms with Crippen molar-refractivity contribution in [2.24, 2.45) is 0 Å². The molecule has 2 heterocycles. The number of benzene rings is 2. The Balaban J connectivity index is 1.46. The first kappa shape index (κ1) is 21.8. The summed E-state index contributed by atoms with van der Waals surface area (Å²) in [6, 6.07) is 12.0. The third-order valence-electron chi connectivity index (χ3n) is 6.11. The van der Waals surface area contributed by atoms with Crippen LogP contribution in [0.25, 0.3) is 0 Å². The standard InChI is InChI=1S/C24H27ClFN3O2/c25-20-14-17(8-9-21(20)26)15-27-22(30)16-29-13-10-18-6-2-3-7-19(18)23(29)24(31)28-11-4-1-5-12-28/h2-3,6-9,14,23H,1,4-5,10-13,15-16H2,(H,27,30)/t23-/m1/s1. The maximum atomic E-state index is 13.5. The molecule has 7 heteroatoms. The van der Waals surface area contributed by atoms with Crippen molar-refractivity contribution < 1.29 is 14.0 Å². The largest absolute Gasteiger partial charge is 0.351 e. The molecule has 1 saturated heterocycles. The lowest BCUT2D eigenvalue weighted by Gasteiger charge is -2.39. The summed E-state index contributed by atoms with van der Waals surface area (Å²) >= 11 is 5.82. The summed E-state index contributed by atoms with van der Waals surface area (Å²) < 4.78 is 13.3. The van der Waals surface area contributed by atoms with Gasteiger partial charge in [-0.3, -0.25) is 14.5 Å². The smallest absolute Gasteiger partial charge is 0.244 e. The van der Waals surface area contributed by atoms with Crippen LogP contribution in [0.1, 0.15) is 42.0 Å². The van der Waals surface area contributed by atoms with Crippen molar-refractivity contribution in [3.63, 3.8) is 0 Å². The van der Waals surface area contributed by atoms with Crippen molar-refractivity contribution in [1.82, 2.24) is 15.1 Å². The third kappa shape index (κ3) is 5.08. The number of hydrogen-bond acceptors (Lipinski definition) is 3. The molecule has 2 aliphatic heterocycles. The summed E-state index contributed by atoms with van der Waals surface area (Å²) in [6.45, 7) is 2.60. The highest BCUT2D eigenvalue weighted by atomic mass is 35.5. The van der Waals surface area contributed by atoms with Crippen LogP contribution in [-0.2, 0) is 22.6 Å². The predicted octanol–water partition coefficient (Wildman–Crippen LogP) is 3.71. The van der Waals surface area contributed by atoms with Gasteiger partial charge in [0.05, 0.1) is 11.6 Å². The van der Waals surface area contributed by atoms with Gasteiger partial charge in [0.25, 0.3) is 0 Å². The van der Waals surface area contributed by atoms with E-state index in [0.29, 0.717) is 6.54 Å². The Morgan fingerprint density at radius 2 is 1.84 bits per heavy atom. The highest BCUT2D eigenvalue weighted by Gasteiger charge is 2.36. The van der Waals surface area contributed by atoms with Crippen molar-refractivity contribution >= 4 is 23.4 Å². The third-order valence-corrected chi connectivity index (χ3v) is 6.39. The maximum absolute atomic E-state index is 13.5. The molecule has 0 aliphatic carbocycles. The molecule has 0 aromatic heterocycles. The summed E-state index contributed by atoms with van der Waals surface area (Å²) in [5.41, 5.74) is 2.91. The van der Waals surface area contributed by atoms with Crippen LogP contribution in [0.2, 0.25) is 5.02 Å². The average molecular weight is 444 g/mol. The molecule has 1 atom stereocenters. The lowest BCUT2D eigenvalue weighted by atomic mass is 9.91. The van der Waals surface area contributed by atoms with Crippen LogP contribution in [0, 0.1) is 5.82 Å². The molecule has 2 amide bonds. The number of amides is 2. The minimum atomic E-state index is -0.484. The lowest BCUT2D eigenvalue weighted by Crippen LogP contribution is -2.50. The Labute approximate surface area is 187 Å². The normalized spacial score (nSPS) is 19.0. The van der Waals surface area contributed by atoms with Crippen LogP contribution in [0.15, 0.2) is 42.5 Å². The van der Waals surface area contributed by atoms with E-state index in [1.165, 1.54) is 17.7 Å². The first-order valence-corrected chi connectivity index (χ1v) is 11.2. The second kappa shape index (κ2) is 9.79. The number of fused-ring (bicyclic) bond motifs is 1. The fourth-order valence-electron chi connectivity index (χ4n) is 4.46. The van der Waals surface area contributed by atoms with Gasteiger partial charge in [-0.1, -0.05) is 41.9 Å². The van der Waals surface area contributed by atoms with E-state index >= 15 is 0 Å². The van der Waals surface area contributed by atoms with E-state index in [4.69, 9.17) is 11.6 Å². The van der Waals surface area contributed by atoms with Crippen molar-refractivity contribution in [2.75, 3.05) is 26.2 Å². The predicted molar refractivity (Wildman–Crippen MR) is 118 cm³/mol. The molecule has 1 fully saturated rings. The summed E-state index contributed by atoms with van der Waals surface area (Å²) in [6.07, 6.45) is 4.02. The molecule has 5 nitrogen and oxygen atoms in total. The molecule has 31 heavy (non-hydrogen) atoms. The van der Waals surface area contributed by atoms with Crippen LogP contribution >= 0.6 is 11.6 Å². The Morgan fingerprint density at radius 1 is 1.06 bits per heavy atom. The van der Waals surface area contributed by atoms with E-state index < -0.39 is 11.9 Å². The zero-order valence-corrected chi connectivity index (χ0v) is 18.2. The summed E-state index contributed by atoms with van der Waals surface area (Å²) in [5, 5.41) is 2.90. The number of likely N-dealkylation sites (tertiary alicyclic amines) is 1. The Kier molecular flexibility index (Phi) is 6.88. The van der Waals surface area contributed by atoms with Gasteiger partial charge in [-0.25, -0.2) is 4.39 Å². The van der Waals surface area contributed by atoms with Crippen molar-refractivity contribution in [2.45, 2.75) is 38.3 Å². The Hall–Kier alpha value is -2.44. The van der Waals surface area contributed by atoms with Gasteiger partial charge < -0.3 is 10.2 Å². The fraction of sp³-hybridized carbons (Fsp3) is 0.417. The van der Waals surface area contributed by atoms with E-state index in [0.717, 1.165) is 49.9 Å². The molecule has 0 radical (unpaired) electrons. The van der Waals surface area contributed by atoms with Gasteiger partial charge in [-0.2, -0.15) is 0 Å². The van der Waals surface area contributed by atoms with E-state index in [1.807, 2.05) is 28.0 Å². The van der Waals surface area contributed by atoms with Crippen LogP contribution in [0.4, 0.5) is 4.39 Å². The summed E-state index contributed by atoms with van der Waals surface area (Å²) in [7, 11) is 0. The number of hydrogen-bond donors (Lipinski definition) is 1. The number of rotatable bonds is 5. The molecule has 4 rings (SSSR count). The van der Waals surface area contributed by atoms with Crippen LogP contribution in [0.3, 0.4) is 0 Å². The van der Waals surface area contributed by atoms with E-state index in [2.05, 4.69) is 11.4 Å². The van der Waals surface area contributed by atoms with E-state index in [1.54, 1.807) is 6.07 Å². The molecular weight excluding hydrogens is 417 g/mol. The minimum Gasteiger partial charge on any atom is -0.351 e. The molecule has 0 bridgehead atoms. The zero-order valence-electron chi connectivity index (χ0n) is 17.4.